The van der Waals surface area contributed by atoms with Gasteiger partial charge < -0.3 is 10.1 Å². The van der Waals surface area contributed by atoms with Gasteiger partial charge in [-0.25, -0.2) is 9.69 Å². The number of aryl methyl sites for hydroxylation is 2. The number of amides is 5. The number of nitro groups is 1. The van der Waals surface area contributed by atoms with Gasteiger partial charge in [0.2, 0.25) is 0 Å². The topological polar surface area (TPSA) is 148 Å². The molecule has 1 heterocycles. The molecule has 4 rings (SSSR count). The Bertz CT molecular complexity index is 1500. The van der Waals surface area contributed by atoms with Gasteiger partial charge in [-0.3, -0.25) is 29.8 Å². The Labute approximate surface area is 216 Å². The SMILES string of the molecule is Cc1ccc(NC(=O)COc2cccc(/C=C3/C(=O)NC(=O)N(c4ccc([N+](=O)[O-])cc4)C3=O)c2)c(C)c1. The van der Waals surface area contributed by atoms with Crippen molar-refractivity contribution in [2.75, 3.05) is 16.8 Å². The summed E-state index contributed by atoms with van der Waals surface area (Å²) in [5.41, 5.74) is 2.60. The lowest BCUT2D eigenvalue weighted by atomic mass is 10.1. The van der Waals surface area contributed by atoms with E-state index in [1.165, 1.54) is 24.3 Å². The van der Waals surface area contributed by atoms with Gasteiger partial charge in [0.25, 0.3) is 23.4 Å². The Morgan fingerprint density at radius 2 is 1.79 bits per heavy atom. The quantitative estimate of drug-likeness (QED) is 0.210. The summed E-state index contributed by atoms with van der Waals surface area (Å²) >= 11 is 0. The molecule has 11 heteroatoms. The minimum Gasteiger partial charge on any atom is -0.484 e. The maximum Gasteiger partial charge on any atom is 0.335 e. The van der Waals surface area contributed by atoms with Crippen LogP contribution in [0.25, 0.3) is 6.08 Å². The number of barbiturate groups is 1. The van der Waals surface area contributed by atoms with Crippen molar-refractivity contribution in [1.82, 2.24) is 5.32 Å². The number of urea groups is 1. The number of carbonyl (C=O) groups is 4. The lowest BCUT2D eigenvalue weighted by Crippen LogP contribution is -2.54. The zero-order valence-corrected chi connectivity index (χ0v) is 20.4. The third kappa shape index (κ3) is 5.73. The molecule has 0 saturated carbocycles. The van der Waals surface area contributed by atoms with E-state index in [2.05, 4.69) is 10.6 Å². The predicted molar refractivity (Wildman–Crippen MR) is 139 cm³/mol. The van der Waals surface area contributed by atoms with E-state index in [-0.39, 0.29) is 29.5 Å². The van der Waals surface area contributed by atoms with Crippen LogP contribution in [0.4, 0.5) is 21.9 Å². The van der Waals surface area contributed by atoms with E-state index in [1.54, 1.807) is 18.2 Å². The molecule has 1 fully saturated rings. The molecule has 1 aliphatic rings. The van der Waals surface area contributed by atoms with E-state index in [4.69, 9.17) is 4.74 Å². The molecule has 3 aromatic rings. The van der Waals surface area contributed by atoms with Crippen molar-refractivity contribution in [3.8, 4) is 5.75 Å². The molecular formula is C27H22N4O7. The molecule has 0 aromatic heterocycles. The van der Waals surface area contributed by atoms with Crippen molar-refractivity contribution in [3.63, 3.8) is 0 Å². The highest BCUT2D eigenvalue weighted by Crippen LogP contribution is 2.25. The molecule has 1 aliphatic heterocycles. The fourth-order valence-electron chi connectivity index (χ4n) is 3.77. The highest BCUT2D eigenvalue weighted by Gasteiger charge is 2.37. The van der Waals surface area contributed by atoms with Gasteiger partial charge in [-0.15, -0.1) is 0 Å². The van der Waals surface area contributed by atoms with E-state index in [1.807, 2.05) is 32.0 Å². The maximum absolute atomic E-state index is 13.0. The number of rotatable bonds is 7. The second kappa shape index (κ2) is 10.7. The molecule has 3 aromatic carbocycles. The molecule has 2 N–H and O–H groups in total. The van der Waals surface area contributed by atoms with Gasteiger partial charge >= 0.3 is 6.03 Å². The van der Waals surface area contributed by atoms with Crippen LogP contribution >= 0.6 is 0 Å². The predicted octanol–water partition coefficient (Wildman–Crippen LogP) is 3.90. The number of benzene rings is 3. The van der Waals surface area contributed by atoms with Gasteiger partial charge in [0, 0.05) is 17.8 Å². The zero-order chi connectivity index (χ0) is 27.4. The highest BCUT2D eigenvalue weighted by atomic mass is 16.6. The Morgan fingerprint density at radius 3 is 2.47 bits per heavy atom. The lowest BCUT2D eigenvalue weighted by Gasteiger charge is -2.26. The largest absolute Gasteiger partial charge is 0.484 e. The average molecular weight is 514 g/mol. The summed E-state index contributed by atoms with van der Waals surface area (Å²) in [5, 5.41) is 15.8. The first kappa shape index (κ1) is 25.8. The lowest BCUT2D eigenvalue weighted by molar-refractivity contribution is -0.384. The summed E-state index contributed by atoms with van der Waals surface area (Å²) < 4.78 is 5.58. The van der Waals surface area contributed by atoms with Crippen LogP contribution in [-0.2, 0) is 14.4 Å². The number of hydrogen-bond donors (Lipinski definition) is 2. The maximum atomic E-state index is 13.0. The second-order valence-corrected chi connectivity index (χ2v) is 8.46. The molecule has 38 heavy (non-hydrogen) atoms. The molecule has 0 aliphatic carbocycles. The molecule has 11 nitrogen and oxygen atoms in total. The Kier molecular flexibility index (Phi) is 7.28. The van der Waals surface area contributed by atoms with E-state index in [0.717, 1.165) is 23.3 Å². The summed E-state index contributed by atoms with van der Waals surface area (Å²) in [7, 11) is 0. The third-order valence-corrected chi connectivity index (χ3v) is 5.62. The summed E-state index contributed by atoms with van der Waals surface area (Å²) in [6, 6.07) is 15.8. The fourth-order valence-corrected chi connectivity index (χ4v) is 3.77. The van der Waals surface area contributed by atoms with E-state index in [0.29, 0.717) is 21.9 Å². The normalized spacial score (nSPS) is 14.3. The third-order valence-electron chi connectivity index (χ3n) is 5.62. The molecule has 0 atom stereocenters. The van der Waals surface area contributed by atoms with Crippen LogP contribution in [0, 0.1) is 24.0 Å². The summed E-state index contributed by atoms with van der Waals surface area (Å²) in [6.07, 6.45) is 1.28. The smallest absolute Gasteiger partial charge is 0.335 e. The minimum absolute atomic E-state index is 0.0587. The van der Waals surface area contributed by atoms with Gasteiger partial charge in [-0.1, -0.05) is 29.8 Å². The molecule has 0 unspecified atom stereocenters. The summed E-state index contributed by atoms with van der Waals surface area (Å²) in [5.74, 6) is -1.83. The summed E-state index contributed by atoms with van der Waals surface area (Å²) in [4.78, 5) is 61.2. The van der Waals surface area contributed by atoms with Crippen LogP contribution in [0.1, 0.15) is 16.7 Å². The number of nitro benzene ring substituents is 1. The zero-order valence-electron chi connectivity index (χ0n) is 20.4. The Hall–Kier alpha value is -5.32. The van der Waals surface area contributed by atoms with Crippen molar-refractivity contribution in [1.29, 1.82) is 0 Å². The van der Waals surface area contributed by atoms with Crippen LogP contribution in [0.15, 0.2) is 72.3 Å². The first-order chi connectivity index (χ1) is 18.1. The van der Waals surface area contributed by atoms with Crippen molar-refractivity contribution in [3.05, 3.63) is 99.1 Å². The van der Waals surface area contributed by atoms with E-state index >= 15 is 0 Å². The van der Waals surface area contributed by atoms with E-state index in [9.17, 15) is 29.3 Å². The van der Waals surface area contributed by atoms with Crippen LogP contribution < -0.4 is 20.3 Å². The van der Waals surface area contributed by atoms with Gasteiger partial charge in [0.1, 0.15) is 11.3 Å². The number of ether oxygens (including phenoxy) is 1. The van der Waals surface area contributed by atoms with Crippen molar-refractivity contribution >= 4 is 46.9 Å². The molecule has 192 valence electrons. The van der Waals surface area contributed by atoms with Gasteiger partial charge in [0.05, 0.1) is 10.6 Å². The highest BCUT2D eigenvalue weighted by molar-refractivity contribution is 6.39. The number of carbonyl (C=O) groups excluding carboxylic acids is 4. The molecule has 5 amide bonds. The number of nitrogens with zero attached hydrogens (tertiary/aromatic N) is 2. The number of hydrogen-bond acceptors (Lipinski definition) is 7. The standard InChI is InChI=1S/C27H22N4O7/c1-16-6-11-23(17(2)12-16)28-24(32)15-38-21-5-3-4-18(13-21)14-22-25(33)29-27(35)30(26(22)34)19-7-9-20(10-8-19)31(36)37/h3-14H,15H2,1-2H3,(H,28,32)(H,29,33,35)/b22-14-. The summed E-state index contributed by atoms with van der Waals surface area (Å²) in [6.45, 7) is 3.58. The minimum atomic E-state index is -0.974. The number of anilines is 2. The second-order valence-electron chi connectivity index (χ2n) is 8.46. The van der Waals surface area contributed by atoms with Gasteiger partial charge in [0.15, 0.2) is 6.61 Å². The first-order valence-electron chi connectivity index (χ1n) is 11.4. The van der Waals surface area contributed by atoms with Crippen molar-refractivity contribution in [2.24, 2.45) is 0 Å². The number of non-ortho nitro benzene ring substituents is 1. The van der Waals surface area contributed by atoms with Crippen LogP contribution in [0.2, 0.25) is 0 Å². The van der Waals surface area contributed by atoms with Crippen LogP contribution in [0.5, 0.6) is 5.75 Å². The van der Waals surface area contributed by atoms with Crippen molar-refractivity contribution in [2.45, 2.75) is 13.8 Å². The Balaban J connectivity index is 1.48. The van der Waals surface area contributed by atoms with Gasteiger partial charge in [-0.05, 0) is 61.4 Å². The fraction of sp³-hybridized carbons (Fsp3) is 0.111. The number of imide groups is 2. The monoisotopic (exact) mass is 514 g/mol. The molecule has 0 spiro atoms. The average Bonchev–Trinajstić information content (AvgIpc) is 2.87. The van der Waals surface area contributed by atoms with Gasteiger partial charge in [-0.2, -0.15) is 0 Å². The molecular weight excluding hydrogens is 492 g/mol. The molecule has 1 saturated heterocycles. The van der Waals surface area contributed by atoms with E-state index < -0.39 is 22.8 Å². The van der Waals surface area contributed by atoms with Crippen LogP contribution in [-0.4, -0.2) is 35.3 Å². The Morgan fingerprint density at radius 1 is 1.05 bits per heavy atom. The molecule has 0 bridgehead atoms. The first-order valence-corrected chi connectivity index (χ1v) is 11.4. The van der Waals surface area contributed by atoms with Crippen molar-refractivity contribution < 1.29 is 28.8 Å². The van der Waals surface area contributed by atoms with Crippen LogP contribution in [0.3, 0.4) is 0 Å². The number of nitrogens with one attached hydrogen (secondary N) is 2. The molecule has 0 radical (unpaired) electrons.